The maximum Gasteiger partial charge on any atom is 0.410 e. The van der Waals surface area contributed by atoms with Crippen molar-refractivity contribution < 1.29 is 33.8 Å². The van der Waals surface area contributed by atoms with E-state index in [4.69, 9.17) is 9.47 Å². The fourth-order valence-electron chi connectivity index (χ4n) is 6.35. The summed E-state index contributed by atoms with van der Waals surface area (Å²) < 4.78 is 11.5. The normalized spacial score (nSPS) is 11.7. The third-order valence-corrected chi connectivity index (χ3v) is 9.24. The molecule has 4 amide bonds. The summed E-state index contributed by atoms with van der Waals surface area (Å²) in [6.45, 7) is 12.8. The summed E-state index contributed by atoms with van der Waals surface area (Å²) in [6.07, 6.45) is -1.52. The van der Waals surface area contributed by atoms with Crippen LogP contribution < -0.4 is 0 Å². The molecular formula is C47H60N4O7. The first-order valence-electron chi connectivity index (χ1n) is 19.9. The second kappa shape index (κ2) is 20.7. The first kappa shape index (κ1) is 45.0. The van der Waals surface area contributed by atoms with Crippen LogP contribution in [0, 0.1) is 0 Å². The highest BCUT2D eigenvalue weighted by Crippen LogP contribution is 2.29. The lowest BCUT2D eigenvalue weighted by atomic mass is 10.1. The maximum absolute atomic E-state index is 14.7. The highest BCUT2D eigenvalue weighted by atomic mass is 16.6. The molecule has 0 aliphatic carbocycles. The fraction of sp³-hybridized carbons (Fsp3) is 0.404. The molecule has 4 aromatic rings. The standard InChI is InChI=1S/C47H60N4O7/c1-8-47(56,50(35-39-25-17-11-18-26-39)41(52)29-31-48(43(54)57-45(2,3)4)33-37-21-13-9-14-22-37)51(36-40-27-19-12-20-28-40)42(53)30-32-49(44(55)58-46(5,6)7)34-38-23-15-10-16-24-38/h9-28,56H,8,29-36H2,1-7H3. The molecule has 0 radical (unpaired) electrons. The van der Waals surface area contributed by atoms with Crippen LogP contribution in [0.15, 0.2) is 121 Å². The van der Waals surface area contributed by atoms with Crippen LogP contribution in [0.3, 0.4) is 0 Å². The number of rotatable bonds is 17. The first-order chi connectivity index (χ1) is 27.5. The van der Waals surface area contributed by atoms with Gasteiger partial charge in [-0.25, -0.2) is 9.59 Å². The predicted molar refractivity (Wildman–Crippen MR) is 225 cm³/mol. The van der Waals surface area contributed by atoms with Gasteiger partial charge in [0, 0.05) is 45.4 Å². The summed E-state index contributed by atoms with van der Waals surface area (Å²) in [6, 6.07) is 37.4. The zero-order valence-electron chi connectivity index (χ0n) is 35.1. The third kappa shape index (κ3) is 14.1. The molecule has 4 aromatic carbocycles. The van der Waals surface area contributed by atoms with Gasteiger partial charge in [0.05, 0.1) is 13.1 Å². The van der Waals surface area contributed by atoms with Gasteiger partial charge in [-0.3, -0.25) is 19.4 Å². The summed E-state index contributed by atoms with van der Waals surface area (Å²) >= 11 is 0. The zero-order valence-corrected chi connectivity index (χ0v) is 35.1. The molecule has 0 bridgehead atoms. The van der Waals surface area contributed by atoms with Crippen LogP contribution in [0.4, 0.5) is 9.59 Å². The van der Waals surface area contributed by atoms with E-state index in [1.54, 1.807) is 48.5 Å². The molecule has 0 saturated carbocycles. The number of amides is 4. The van der Waals surface area contributed by atoms with Crippen LogP contribution in [-0.2, 0) is 45.2 Å². The predicted octanol–water partition coefficient (Wildman–Crippen LogP) is 8.75. The summed E-state index contributed by atoms with van der Waals surface area (Å²) in [7, 11) is 0. The summed E-state index contributed by atoms with van der Waals surface area (Å²) in [5.74, 6) is -3.06. The lowest BCUT2D eigenvalue weighted by Gasteiger charge is -2.47. The van der Waals surface area contributed by atoms with Crippen molar-refractivity contribution in [1.82, 2.24) is 19.6 Å². The number of hydrogen-bond donors (Lipinski definition) is 1. The van der Waals surface area contributed by atoms with Gasteiger partial charge in [-0.1, -0.05) is 128 Å². The van der Waals surface area contributed by atoms with Crippen LogP contribution in [0.2, 0.25) is 0 Å². The maximum atomic E-state index is 14.7. The van der Waals surface area contributed by atoms with Crippen LogP contribution in [0.25, 0.3) is 0 Å². The zero-order chi connectivity index (χ0) is 42.3. The Bertz CT molecular complexity index is 1760. The van der Waals surface area contributed by atoms with Gasteiger partial charge in [0.1, 0.15) is 11.2 Å². The van der Waals surface area contributed by atoms with Gasteiger partial charge >= 0.3 is 12.2 Å². The average molecular weight is 793 g/mol. The third-order valence-electron chi connectivity index (χ3n) is 9.24. The van der Waals surface area contributed by atoms with E-state index in [1.807, 2.05) is 121 Å². The number of carbonyl (C=O) groups excluding carboxylic acids is 4. The van der Waals surface area contributed by atoms with Crippen LogP contribution in [0.1, 0.15) is 90.0 Å². The van der Waals surface area contributed by atoms with Gasteiger partial charge in [0.15, 0.2) is 0 Å². The minimum absolute atomic E-state index is 0.00924. The summed E-state index contributed by atoms with van der Waals surface area (Å²) in [5, 5.41) is 12.9. The van der Waals surface area contributed by atoms with Crippen LogP contribution >= 0.6 is 0 Å². The molecule has 58 heavy (non-hydrogen) atoms. The Kier molecular flexibility index (Phi) is 16.0. The number of carbonyl (C=O) groups is 4. The Morgan fingerprint density at radius 1 is 0.483 bits per heavy atom. The smallest absolute Gasteiger partial charge is 0.410 e. The van der Waals surface area contributed by atoms with E-state index in [0.29, 0.717) is 0 Å². The Hall–Kier alpha value is -5.68. The quantitative estimate of drug-likeness (QED) is 0.106. The molecule has 0 unspecified atom stereocenters. The minimum atomic E-state index is -2.12. The highest BCUT2D eigenvalue weighted by molar-refractivity contribution is 5.81. The summed E-state index contributed by atoms with van der Waals surface area (Å²) in [5.41, 5.74) is 1.66. The second-order valence-electron chi connectivity index (χ2n) is 16.3. The van der Waals surface area contributed by atoms with E-state index in [0.717, 1.165) is 22.3 Å². The Balaban J connectivity index is 1.70. The number of nitrogens with zero attached hydrogens (tertiary/aromatic N) is 4. The molecule has 0 spiro atoms. The topological polar surface area (TPSA) is 120 Å². The van der Waals surface area contributed by atoms with Gasteiger partial charge in [-0.05, 0) is 63.8 Å². The monoisotopic (exact) mass is 792 g/mol. The van der Waals surface area contributed by atoms with E-state index in [9.17, 15) is 24.3 Å². The molecule has 0 atom stereocenters. The molecule has 0 aliphatic rings. The Morgan fingerprint density at radius 2 is 0.759 bits per heavy atom. The molecule has 0 heterocycles. The molecule has 1 N–H and O–H groups in total. The van der Waals surface area contributed by atoms with Crippen molar-refractivity contribution in [2.45, 2.75) is 111 Å². The van der Waals surface area contributed by atoms with Gasteiger partial charge in [-0.2, -0.15) is 0 Å². The van der Waals surface area contributed by atoms with Gasteiger partial charge < -0.3 is 24.4 Å². The number of aliphatic hydroxyl groups is 1. The SMILES string of the molecule is CCC(O)(N(Cc1ccccc1)C(=O)CCN(Cc1ccccc1)C(=O)OC(C)(C)C)N(Cc1ccccc1)C(=O)CCN(Cc1ccccc1)C(=O)OC(C)(C)C. The largest absolute Gasteiger partial charge is 0.444 e. The number of hydrogen-bond acceptors (Lipinski definition) is 7. The van der Waals surface area contributed by atoms with E-state index in [1.165, 1.54) is 19.6 Å². The molecular weight excluding hydrogens is 733 g/mol. The molecule has 0 aromatic heterocycles. The van der Waals surface area contributed by atoms with Gasteiger partial charge in [0.2, 0.25) is 17.7 Å². The van der Waals surface area contributed by atoms with E-state index >= 15 is 0 Å². The van der Waals surface area contributed by atoms with E-state index < -0.39 is 41.1 Å². The molecule has 0 aliphatic heterocycles. The molecule has 11 heteroatoms. The van der Waals surface area contributed by atoms with Crippen molar-refractivity contribution in [3.63, 3.8) is 0 Å². The number of benzene rings is 4. The Morgan fingerprint density at radius 3 is 1.02 bits per heavy atom. The molecule has 11 nitrogen and oxygen atoms in total. The van der Waals surface area contributed by atoms with Gasteiger partial charge in [0.25, 0.3) is 0 Å². The lowest BCUT2D eigenvalue weighted by Crippen LogP contribution is -2.63. The molecule has 310 valence electrons. The van der Waals surface area contributed by atoms with Crippen molar-refractivity contribution in [2.24, 2.45) is 0 Å². The van der Waals surface area contributed by atoms with Crippen molar-refractivity contribution in [3.05, 3.63) is 144 Å². The fourth-order valence-corrected chi connectivity index (χ4v) is 6.35. The van der Waals surface area contributed by atoms with Crippen molar-refractivity contribution in [3.8, 4) is 0 Å². The number of ether oxygens (including phenoxy) is 2. The lowest BCUT2D eigenvalue weighted by molar-refractivity contribution is -0.224. The highest BCUT2D eigenvalue weighted by Gasteiger charge is 2.44. The van der Waals surface area contributed by atoms with Crippen molar-refractivity contribution in [1.29, 1.82) is 0 Å². The Labute approximate surface area is 344 Å². The van der Waals surface area contributed by atoms with E-state index in [-0.39, 0.29) is 58.5 Å². The van der Waals surface area contributed by atoms with Crippen LogP contribution in [0.5, 0.6) is 0 Å². The first-order valence-corrected chi connectivity index (χ1v) is 19.9. The second-order valence-corrected chi connectivity index (χ2v) is 16.3. The molecule has 0 fully saturated rings. The summed E-state index contributed by atoms with van der Waals surface area (Å²) in [4.78, 5) is 61.9. The molecule has 0 saturated heterocycles. The van der Waals surface area contributed by atoms with Crippen molar-refractivity contribution in [2.75, 3.05) is 13.1 Å². The van der Waals surface area contributed by atoms with Gasteiger partial charge in [-0.15, -0.1) is 0 Å². The minimum Gasteiger partial charge on any atom is -0.444 e. The van der Waals surface area contributed by atoms with Crippen molar-refractivity contribution >= 4 is 24.0 Å². The van der Waals surface area contributed by atoms with Crippen LogP contribution in [-0.4, -0.2) is 78.8 Å². The molecule has 4 rings (SSSR count). The average Bonchev–Trinajstić information content (AvgIpc) is 3.19. The van der Waals surface area contributed by atoms with E-state index in [2.05, 4.69) is 0 Å².